The Morgan fingerprint density at radius 1 is 1.17 bits per heavy atom. The first-order chi connectivity index (χ1) is 11.5. The van der Waals surface area contributed by atoms with E-state index in [0.29, 0.717) is 43.2 Å². The van der Waals surface area contributed by atoms with Crippen LogP contribution in [-0.4, -0.2) is 52.8 Å². The summed E-state index contributed by atoms with van der Waals surface area (Å²) in [7, 11) is 0. The molecule has 0 spiro atoms. The third-order valence-electron chi connectivity index (χ3n) is 4.02. The number of carbonyl (C=O) groups is 2. The van der Waals surface area contributed by atoms with Crippen molar-refractivity contribution in [2.45, 2.75) is 13.3 Å². The van der Waals surface area contributed by atoms with Crippen LogP contribution in [0, 0.1) is 6.92 Å². The van der Waals surface area contributed by atoms with Gasteiger partial charge in [0.25, 0.3) is 5.91 Å². The number of amides is 2. The van der Waals surface area contributed by atoms with Gasteiger partial charge >= 0.3 is 0 Å². The zero-order valence-corrected chi connectivity index (χ0v) is 14.9. The third-order valence-corrected chi connectivity index (χ3v) is 5.17. The summed E-state index contributed by atoms with van der Waals surface area (Å²) in [6.45, 7) is 4.05. The minimum Gasteiger partial charge on any atom is -0.339 e. The van der Waals surface area contributed by atoms with Gasteiger partial charge in [-0.1, -0.05) is 23.7 Å². The molecule has 1 aliphatic heterocycles. The van der Waals surface area contributed by atoms with E-state index in [2.05, 4.69) is 4.98 Å². The fourth-order valence-electron chi connectivity index (χ4n) is 2.72. The quantitative estimate of drug-likeness (QED) is 0.842. The second kappa shape index (κ2) is 7.32. The molecular formula is C17H18ClN3O2S. The van der Waals surface area contributed by atoms with Crippen LogP contribution in [0.5, 0.6) is 0 Å². The highest BCUT2D eigenvalue weighted by Gasteiger charge is 2.26. The number of piperazine rings is 1. The van der Waals surface area contributed by atoms with Crippen molar-refractivity contribution in [1.29, 1.82) is 0 Å². The average molecular weight is 364 g/mol. The molecule has 1 aromatic heterocycles. The van der Waals surface area contributed by atoms with Gasteiger partial charge < -0.3 is 9.80 Å². The number of hydrogen-bond donors (Lipinski definition) is 0. The molecule has 3 rings (SSSR count). The number of rotatable bonds is 3. The van der Waals surface area contributed by atoms with Crippen molar-refractivity contribution >= 4 is 34.8 Å². The number of carbonyl (C=O) groups excluding carboxylic acids is 2. The Labute approximate surface area is 149 Å². The van der Waals surface area contributed by atoms with Gasteiger partial charge in [0.1, 0.15) is 0 Å². The average Bonchev–Trinajstić information content (AvgIpc) is 2.99. The minimum atomic E-state index is -0.0807. The van der Waals surface area contributed by atoms with Crippen LogP contribution in [0.4, 0.5) is 0 Å². The Bertz CT molecular complexity index is 754. The molecule has 0 saturated carbocycles. The highest BCUT2D eigenvalue weighted by atomic mass is 35.5. The van der Waals surface area contributed by atoms with E-state index in [9.17, 15) is 9.59 Å². The van der Waals surface area contributed by atoms with Gasteiger partial charge in [-0.2, -0.15) is 0 Å². The van der Waals surface area contributed by atoms with Gasteiger partial charge in [0, 0.05) is 31.6 Å². The smallest absolute Gasteiger partial charge is 0.255 e. The lowest BCUT2D eigenvalue weighted by molar-refractivity contribution is -0.132. The predicted octanol–water partition coefficient (Wildman–Crippen LogP) is 2.63. The lowest BCUT2D eigenvalue weighted by atomic mass is 10.1. The molecular weight excluding hydrogens is 346 g/mol. The summed E-state index contributed by atoms with van der Waals surface area (Å²) in [5, 5.41) is 3.34. The van der Waals surface area contributed by atoms with Gasteiger partial charge in [-0.15, -0.1) is 11.3 Å². The standard InChI is InChI=1S/C17H18ClN3O2S/c1-12-19-13(11-24-12)10-16(22)20-6-8-21(9-7-20)17(23)14-4-2-3-5-15(14)18/h2-5,11H,6-10H2,1H3. The van der Waals surface area contributed by atoms with E-state index in [0.717, 1.165) is 10.7 Å². The molecule has 2 heterocycles. The van der Waals surface area contributed by atoms with E-state index in [1.807, 2.05) is 12.3 Å². The van der Waals surface area contributed by atoms with Crippen molar-refractivity contribution in [3.05, 3.63) is 50.9 Å². The number of hydrogen-bond acceptors (Lipinski definition) is 4. The van der Waals surface area contributed by atoms with Gasteiger partial charge in [-0.3, -0.25) is 9.59 Å². The van der Waals surface area contributed by atoms with Crippen LogP contribution >= 0.6 is 22.9 Å². The Kier molecular flexibility index (Phi) is 5.16. The largest absolute Gasteiger partial charge is 0.339 e. The normalized spacial score (nSPS) is 14.8. The number of aromatic nitrogens is 1. The van der Waals surface area contributed by atoms with Crippen LogP contribution in [-0.2, 0) is 11.2 Å². The van der Waals surface area contributed by atoms with Crippen LogP contribution in [0.3, 0.4) is 0 Å². The molecule has 1 saturated heterocycles. The van der Waals surface area contributed by atoms with Crippen molar-refractivity contribution in [2.24, 2.45) is 0 Å². The molecule has 0 radical (unpaired) electrons. The fourth-order valence-corrected chi connectivity index (χ4v) is 3.55. The Morgan fingerprint density at radius 3 is 2.46 bits per heavy atom. The second-order valence-corrected chi connectivity index (χ2v) is 7.16. The minimum absolute atomic E-state index is 0.0603. The Balaban J connectivity index is 1.56. The zero-order chi connectivity index (χ0) is 17.1. The predicted molar refractivity (Wildman–Crippen MR) is 94.5 cm³/mol. The molecule has 0 unspecified atom stereocenters. The third kappa shape index (κ3) is 3.76. The summed E-state index contributed by atoms with van der Waals surface area (Å²) in [5.41, 5.74) is 1.33. The van der Waals surface area contributed by atoms with E-state index in [1.54, 1.807) is 45.4 Å². The molecule has 24 heavy (non-hydrogen) atoms. The van der Waals surface area contributed by atoms with Crippen molar-refractivity contribution in [3.63, 3.8) is 0 Å². The molecule has 1 aliphatic rings. The SMILES string of the molecule is Cc1nc(CC(=O)N2CCN(C(=O)c3ccccc3Cl)CC2)cs1. The lowest BCUT2D eigenvalue weighted by Crippen LogP contribution is -2.51. The molecule has 0 aliphatic carbocycles. The summed E-state index contributed by atoms with van der Waals surface area (Å²) >= 11 is 7.64. The van der Waals surface area contributed by atoms with Crippen molar-refractivity contribution in [1.82, 2.24) is 14.8 Å². The zero-order valence-electron chi connectivity index (χ0n) is 13.4. The first-order valence-electron chi connectivity index (χ1n) is 7.77. The van der Waals surface area contributed by atoms with Gasteiger partial charge in [0.05, 0.1) is 27.7 Å². The molecule has 1 aromatic carbocycles. The summed E-state index contributed by atoms with van der Waals surface area (Å²) in [5.74, 6) is -0.0204. The summed E-state index contributed by atoms with van der Waals surface area (Å²) in [6, 6.07) is 7.04. The van der Waals surface area contributed by atoms with Crippen LogP contribution in [0.25, 0.3) is 0 Å². The maximum Gasteiger partial charge on any atom is 0.255 e. The number of nitrogens with zero attached hydrogens (tertiary/aromatic N) is 3. The first kappa shape index (κ1) is 16.9. The molecule has 0 bridgehead atoms. The highest BCUT2D eigenvalue weighted by Crippen LogP contribution is 2.18. The summed E-state index contributed by atoms with van der Waals surface area (Å²) in [4.78, 5) is 32.7. The molecule has 0 N–H and O–H groups in total. The molecule has 2 aromatic rings. The van der Waals surface area contributed by atoms with E-state index >= 15 is 0 Å². The Hall–Kier alpha value is -1.92. The lowest BCUT2D eigenvalue weighted by Gasteiger charge is -2.35. The van der Waals surface area contributed by atoms with Crippen LogP contribution < -0.4 is 0 Å². The van der Waals surface area contributed by atoms with E-state index in [1.165, 1.54) is 0 Å². The number of benzene rings is 1. The highest BCUT2D eigenvalue weighted by molar-refractivity contribution is 7.09. The monoisotopic (exact) mass is 363 g/mol. The van der Waals surface area contributed by atoms with Gasteiger partial charge in [0.15, 0.2) is 0 Å². The van der Waals surface area contributed by atoms with E-state index < -0.39 is 0 Å². The maximum absolute atomic E-state index is 12.5. The first-order valence-corrected chi connectivity index (χ1v) is 9.03. The molecule has 5 nitrogen and oxygen atoms in total. The van der Waals surface area contributed by atoms with Gasteiger partial charge in [0.2, 0.25) is 5.91 Å². The fraction of sp³-hybridized carbons (Fsp3) is 0.353. The summed E-state index contributed by atoms with van der Waals surface area (Å²) in [6.07, 6.45) is 0.322. The molecule has 7 heteroatoms. The van der Waals surface area contributed by atoms with Crippen LogP contribution in [0.1, 0.15) is 21.1 Å². The van der Waals surface area contributed by atoms with E-state index in [-0.39, 0.29) is 11.8 Å². The topological polar surface area (TPSA) is 53.5 Å². The van der Waals surface area contributed by atoms with E-state index in [4.69, 9.17) is 11.6 Å². The number of thiazole rings is 1. The molecule has 126 valence electrons. The van der Waals surface area contributed by atoms with Crippen molar-refractivity contribution in [3.8, 4) is 0 Å². The van der Waals surface area contributed by atoms with Gasteiger partial charge in [-0.05, 0) is 19.1 Å². The second-order valence-electron chi connectivity index (χ2n) is 5.69. The molecule has 1 fully saturated rings. The van der Waals surface area contributed by atoms with Crippen molar-refractivity contribution in [2.75, 3.05) is 26.2 Å². The Morgan fingerprint density at radius 2 is 1.83 bits per heavy atom. The number of aryl methyl sites for hydroxylation is 1. The van der Waals surface area contributed by atoms with Crippen molar-refractivity contribution < 1.29 is 9.59 Å². The van der Waals surface area contributed by atoms with Gasteiger partial charge in [-0.25, -0.2) is 4.98 Å². The number of halogens is 1. The van der Waals surface area contributed by atoms with Crippen LogP contribution in [0.2, 0.25) is 5.02 Å². The molecule has 2 amide bonds. The maximum atomic E-state index is 12.5. The summed E-state index contributed by atoms with van der Waals surface area (Å²) < 4.78 is 0. The molecule has 0 atom stereocenters. The van der Waals surface area contributed by atoms with Crippen LogP contribution in [0.15, 0.2) is 29.6 Å².